The number of rotatable bonds is 3. The van der Waals surface area contributed by atoms with Crippen LogP contribution in [0.3, 0.4) is 0 Å². The first-order valence-electron chi connectivity index (χ1n) is 6.76. The van der Waals surface area contributed by atoms with E-state index >= 15 is 0 Å². The zero-order valence-corrected chi connectivity index (χ0v) is 11.9. The van der Waals surface area contributed by atoms with Crippen LogP contribution >= 0.6 is 0 Å². The van der Waals surface area contributed by atoms with E-state index in [2.05, 4.69) is 10.5 Å². The first kappa shape index (κ1) is 13.9. The van der Waals surface area contributed by atoms with Gasteiger partial charge in [-0.3, -0.25) is 4.79 Å². The number of phenols is 1. The molecule has 2 aromatic carbocycles. The van der Waals surface area contributed by atoms with E-state index in [1.807, 2.05) is 30.3 Å². The number of aryl methyl sites for hydroxylation is 1. The van der Waals surface area contributed by atoms with Gasteiger partial charge in [-0.25, -0.2) is 5.43 Å². The Labute approximate surface area is 126 Å². The van der Waals surface area contributed by atoms with Gasteiger partial charge in [-0.2, -0.15) is 5.10 Å². The number of fused-ring (bicyclic) bond motifs is 1. The minimum absolute atomic E-state index is 0.102. The second-order valence-electron chi connectivity index (χ2n) is 4.83. The van der Waals surface area contributed by atoms with E-state index < -0.39 is 5.91 Å². The Morgan fingerprint density at radius 2 is 2.00 bits per heavy atom. The summed E-state index contributed by atoms with van der Waals surface area (Å²) in [6.07, 6.45) is 1.42. The standard InChI is InChI=1S/C17H14N2O3/c1-11-6-9-16(22-11)17(21)19-18-10-14-13-5-3-2-4-12(13)7-8-15(14)20/h2-10,20H,1H3,(H,19,21)/b18-10-. The highest BCUT2D eigenvalue weighted by Crippen LogP contribution is 2.25. The van der Waals surface area contributed by atoms with Crippen LogP contribution in [0.25, 0.3) is 10.8 Å². The Balaban J connectivity index is 1.84. The number of hydrogen-bond acceptors (Lipinski definition) is 4. The van der Waals surface area contributed by atoms with Gasteiger partial charge in [-0.1, -0.05) is 30.3 Å². The van der Waals surface area contributed by atoms with Crippen molar-refractivity contribution in [2.24, 2.45) is 5.10 Å². The van der Waals surface area contributed by atoms with E-state index in [9.17, 15) is 9.90 Å². The maximum Gasteiger partial charge on any atom is 0.307 e. The fourth-order valence-corrected chi connectivity index (χ4v) is 2.19. The lowest BCUT2D eigenvalue weighted by atomic mass is 10.0. The molecule has 0 atom stereocenters. The topological polar surface area (TPSA) is 74.8 Å². The lowest BCUT2D eigenvalue weighted by Gasteiger charge is -2.04. The zero-order chi connectivity index (χ0) is 15.5. The molecule has 0 aliphatic carbocycles. The van der Waals surface area contributed by atoms with Crippen LogP contribution in [0.5, 0.6) is 5.75 Å². The van der Waals surface area contributed by atoms with E-state index in [4.69, 9.17) is 4.42 Å². The molecule has 1 aromatic heterocycles. The number of hydrogen-bond donors (Lipinski definition) is 2. The number of carbonyl (C=O) groups is 1. The van der Waals surface area contributed by atoms with Crippen molar-refractivity contribution in [1.82, 2.24) is 5.43 Å². The average molecular weight is 294 g/mol. The third-order valence-corrected chi connectivity index (χ3v) is 3.27. The van der Waals surface area contributed by atoms with E-state index in [-0.39, 0.29) is 11.5 Å². The Kier molecular flexibility index (Phi) is 3.62. The summed E-state index contributed by atoms with van der Waals surface area (Å²) < 4.78 is 5.21. The highest BCUT2D eigenvalue weighted by atomic mass is 16.3. The highest BCUT2D eigenvalue weighted by molar-refractivity contribution is 6.02. The van der Waals surface area contributed by atoms with Crippen molar-refractivity contribution in [3.63, 3.8) is 0 Å². The number of phenolic OH excluding ortho intramolecular Hbond substituents is 1. The van der Waals surface area contributed by atoms with Crippen LogP contribution in [-0.2, 0) is 0 Å². The van der Waals surface area contributed by atoms with Gasteiger partial charge in [0.25, 0.3) is 0 Å². The summed E-state index contributed by atoms with van der Waals surface area (Å²) in [7, 11) is 0. The molecule has 3 rings (SSSR count). The Morgan fingerprint density at radius 1 is 1.18 bits per heavy atom. The van der Waals surface area contributed by atoms with E-state index in [1.165, 1.54) is 6.21 Å². The van der Waals surface area contributed by atoms with Gasteiger partial charge in [0, 0.05) is 5.56 Å². The SMILES string of the molecule is Cc1ccc(C(=O)N/N=C\c2c(O)ccc3ccccc23)o1. The van der Waals surface area contributed by atoms with Crippen molar-refractivity contribution >= 4 is 22.9 Å². The second-order valence-corrected chi connectivity index (χ2v) is 4.83. The molecule has 0 aliphatic heterocycles. The Hall–Kier alpha value is -3.08. The molecule has 0 aliphatic rings. The lowest BCUT2D eigenvalue weighted by Crippen LogP contribution is -2.16. The van der Waals surface area contributed by atoms with Crippen LogP contribution < -0.4 is 5.43 Å². The highest BCUT2D eigenvalue weighted by Gasteiger charge is 2.09. The molecule has 1 heterocycles. The Morgan fingerprint density at radius 3 is 2.77 bits per heavy atom. The van der Waals surface area contributed by atoms with Gasteiger partial charge >= 0.3 is 5.91 Å². The number of aromatic hydroxyl groups is 1. The van der Waals surface area contributed by atoms with E-state index in [0.717, 1.165) is 10.8 Å². The lowest BCUT2D eigenvalue weighted by molar-refractivity contribution is 0.0926. The molecule has 5 heteroatoms. The summed E-state index contributed by atoms with van der Waals surface area (Å²) in [6.45, 7) is 1.76. The quantitative estimate of drug-likeness (QED) is 0.575. The predicted octanol–water partition coefficient (Wildman–Crippen LogP) is 3.21. The van der Waals surface area contributed by atoms with Gasteiger partial charge in [0.1, 0.15) is 11.5 Å². The summed E-state index contributed by atoms with van der Waals surface area (Å²) in [5.74, 6) is 0.507. The molecular weight excluding hydrogens is 280 g/mol. The minimum atomic E-state index is -0.441. The smallest absolute Gasteiger partial charge is 0.307 e. The van der Waals surface area contributed by atoms with Crippen molar-refractivity contribution in [2.75, 3.05) is 0 Å². The largest absolute Gasteiger partial charge is 0.507 e. The third-order valence-electron chi connectivity index (χ3n) is 3.27. The Bertz CT molecular complexity index is 865. The second kappa shape index (κ2) is 5.73. The van der Waals surface area contributed by atoms with Crippen molar-refractivity contribution in [3.8, 4) is 5.75 Å². The van der Waals surface area contributed by atoms with Crippen molar-refractivity contribution < 1.29 is 14.3 Å². The summed E-state index contributed by atoms with van der Waals surface area (Å²) >= 11 is 0. The number of furan rings is 1. The molecule has 0 radical (unpaired) electrons. The van der Waals surface area contributed by atoms with Crippen molar-refractivity contribution in [1.29, 1.82) is 0 Å². The monoisotopic (exact) mass is 294 g/mol. The van der Waals surface area contributed by atoms with Gasteiger partial charge in [-0.15, -0.1) is 0 Å². The molecule has 0 saturated carbocycles. The van der Waals surface area contributed by atoms with Crippen LogP contribution in [0.4, 0.5) is 0 Å². The molecule has 0 unspecified atom stereocenters. The molecule has 5 nitrogen and oxygen atoms in total. The molecule has 110 valence electrons. The molecule has 0 saturated heterocycles. The molecule has 1 amide bonds. The predicted molar refractivity (Wildman–Crippen MR) is 84.1 cm³/mol. The van der Waals surface area contributed by atoms with Crippen LogP contribution in [0.2, 0.25) is 0 Å². The summed E-state index contributed by atoms with van der Waals surface area (Å²) in [5, 5.41) is 15.7. The number of benzene rings is 2. The van der Waals surface area contributed by atoms with Gasteiger partial charge in [-0.05, 0) is 35.9 Å². The molecule has 2 N–H and O–H groups in total. The van der Waals surface area contributed by atoms with Crippen LogP contribution in [0.1, 0.15) is 21.9 Å². The van der Waals surface area contributed by atoms with Gasteiger partial charge < -0.3 is 9.52 Å². The molecule has 0 bridgehead atoms. The van der Waals surface area contributed by atoms with Crippen molar-refractivity contribution in [3.05, 3.63) is 65.6 Å². The van der Waals surface area contributed by atoms with E-state index in [1.54, 1.807) is 25.1 Å². The van der Waals surface area contributed by atoms with Crippen LogP contribution in [0.15, 0.2) is 58.0 Å². The summed E-state index contributed by atoms with van der Waals surface area (Å²) in [5.41, 5.74) is 2.93. The number of amides is 1. The van der Waals surface area contributed by atoms with Crippen LogP contribution in [0, 0.1) is 6.92 Å². The first-order chi connectivity index (χ1) is 10.6. The number of nitrogens with one attached hydrogen (secondary N) is 1. The maximum atomic E-state index is 11.8. The van der Waals surface area contributed by atoms with Crippen molar-refractivity contribution in [2.45, 2.75) is 6.92 Å². The van der Waals surface area contributed by atoms with Gasteiger partial charge in [0.2, 0.25) is 0 Å². The molecule has 22 heavy (non-hydrogen) atoms. The van der Waals surface area contributed by atoms with Gasteiger partial charge in [0.05, 0.1) is 6.21 Å². The zero-order valence-electron chi connectivity index (χ0n) is 11.9. The fraction of sp³-hybridized carbons (Fsp3) is 0.0588. The molecular formula is C17H14N2O3. The van der Waals surface area contributed by atoms with Crippen LogP contribution in [-0.4, -0.2) is 17.2 Å². The maximum absolute atomic E-state index is 11.8. The normalized spacial score (nSPS) is 11.1. The molecule has 0 fully saturated rings. The number of nitrogens with zero attached hydrogens (tertiary/aromatic N) is 1. The van der Waals surface area contributed by atoms with E-state index in [0.29, 0.717) is 11.3 Å². The number of carbonyl (C=O) groups excluding carboxylic acids is 1. The number of hydrazone groups is 1. The first-order valence-corrected chi connectivity index (χ1v) is 6.76. The fourth-order valence-electron chi connectivity index (χ4n) is 2.19. The molecule has 3 aromatic rings. The summed E-state index contributed by atoms with van der Waals surface area (Å²) in [6, 6.07) is 14.3. The van der Waals surface area contributed by atoms with Gasteiger partial charge in [0.15, 0.2) is 5.76 Å². The third kappa shape index (κ3) is 2.69. The average Bonchev–Trinajstić information content (AvgIpc) is 2.96. The minimum Gasteiger partial charge on any atom is -0.507 e. The summed E-state index contributed by atoms with van der Waals surface area (Å²) in [4.78, 5) is 11.8. The molecule has 0 spiro atoms.